The maximum absolute atomic E-state index is 11.1. The van der Waals surface area contributed by atoms with Crippen molar-refractivity contribution in [2.45, 2.75) is 26.8 Å². The molecule has 1 unspecified atom stereocenters. The Morgan fingerprint density at radius 1 is 1.25 bits per heavy atom. The van der Waals surface area contributed by atoms with Crippen molar-refractivity contribution < 1.29 is 4.92 Å². The highest BCUT2D eigenvalue weighted by molar-refractivity contribution is 5.65. The highest BCUT2D eigenvalue weighted by atomic mass is 16.6. The van der Waals surface area contributed by atoms with E-state index in [1.165, 1.54) is 0 Å². The lowest BCUT2D eigenvalue weighted by Gasteiger charge is -2.15. The van der Waals surface area contributed by atoms with Crippen molar-refractivity contribution in [3.05, 3.63) is 57.7 Å². The first-order valence-electron chi connectivity index (χ1n) is 6.27. The molecule has 1 N–H and O–H groups in total. The van der Waals surface area contributed by atoms with Crippen LogP contribution in [0.5, 0.6) is 0 Å². The summed E-state index contributed by atoms with van der Waals surface area (Å²) in [7, 11) is 0. The van der Waals surface area contributed by atoms with Gasteiger partial charge in [-0.1, -0.05) is 0 Å². The summed E-state index contributed by atoms with van der Waals surface area (Å²) in [5.41, 5.74) is 3.21. The molecule has 1 aromatic heterocycles. The molecule has 0 aliphatic heterocycles. The Kier molecular flexibility index (Phi) is 3.93. The number of rotatable bonds is 4. The predicted octanol–water partition coefficient (Wildman–Crippen LogP) is 3.17. The summed E-state index contributed by atoms with van der Waals surface area (Å²) in [5.74, 6) is 0. The maximum atomic E-state index is 11.1. The third-order valence-corrected chi connectivity index (χ3v) is 3.21. The molecule has 2 aromatic rings. The third kappa shape index (κ3) is 2.90. The normalized spacial score (nSPS) is 11.9. The highest BCUT2D eigenvalue weighted by Gasteiger charge is 2.18. The van der Waals surface area contributed by atoms with E-state index in [1.807, 2.05) is 20.8 Å². The largest absolute Gasteiger partial charge is 0.371 e. The first kappa shape index (κ1) is 13.9. The lowest BCUT2D eigenvalue weighted by atomic mass is 10.1. The van der Waals surface area contributed by atoms with Crippen molar-refractivity contribution in [3.8, 4) is 0 Å². The maximum Gasteiger partial charge on any atom is 0.292 e. The summed E-state index contributed by atoms with van der Waals surface area (Å²) in [6.45, 7) is 5.68. The molecule has 0 aliphatic rings. The summed E-state index contributed by atoms with van der Waals surface area (Å²) in [4.78, 5) is 19.0. The predicted molar refractivity (Wildman–Crippen MR) is 76.6 cm³/mol. The number of hydrogen-bond acceptors (Lipinski definition) is 5. The van der Waals surface area contributed by atoms with E-state index in [0.29, 0.717) is 5.69 Å². The van der Waals surface area contributed by atoms with E-state index in [2.05, 4.69) is 15.3 Å². The number of nitrogens with one attached hydrogen (secondary N) is 1. The van der Waals surface area contributed by atoms with E-state index in [9.17, 15) is 10.1 Å². The van der Waals surface area contributed by atoms with Crippen molar-refractivity contribution in [2.24, 2.45) is 0 Å². The lowest BCUT2D eigenvalue weighted by molar-refractivity contribution is -0.384. The summed E-state index contributed by atoms with van der Waals surface area (Å²) < 4.78 is 0. The summed E-state index contributed by atoms with van der Waals surface area (Å²) in [6.07, 6.45) is 4.83. The van der Waals surface area contributed by atoms with Crippen LogP contribution in [0.3, 0.4) is 0 Å². The monoisotopic (exact) mass is 272 g/mol. The van der Waals surface area contributed by atoms with Crippen LogP contribution in [0.1, 0.15) is 29.8 Å². The Labute approximate surface area is 117 Å². The molecule has 104 valence electrons. The van der Waals surface area contributed by atoms with Gasteiger partial charge in [0.25, 0.3) is 5.69 Å². The first-order chi connectivity index (χ1) is 9.49. The van der Waals surface area contributed by atoms with Gasteiger partial charge in [0.15, 0.2) is 0 Å². The van der Waals surface area contributed by atoms with Gasteiger partial charge >= 0.3 is 0 Å². The molecule has 0 spiro atoms. The van der Waals surface area contributed by atoms with E-state index < -0.39 is 0 Å². The van der Waals surface area contributed by atoms with Crippen LogP contribution in [-0.2, 0) is 0 Å². The molecule has 1 atom stereocenters. The number of aryl methyl sites for hydroxylation is 2. The van der Waals surface area contributed by atoms with Crippen molar-refractivity contribution in [1.29, 1.82) is 0 Å². The molecule has 20 heavy (non-hydrogen) atoms. The highest BCUT2D eigenvalue weighted by Crippen LogP contribution is 2.30. The van der Waals surface area contributed by atoms with E-state index in [1.54, 1.807) is 30.7 Å². The minimum absolute atomic E-state index is 0.0730. The van der Waals surface area contributed by atoms with Crippen molar-refractivity contribution in [3.63, 3.8) is 0 Å². The molecule has 2 rings (SSSR count). The molecule has 0 bridgehead atoms. The van der Waals surface area contributed by atoms with Gasteiger partial charge in [-0.3, -0.25) is 20.1 Å². The SMILES string of the molecule is Cc1cc(NC(C)c2cnccn2)c([N+](=O)[O-])cc1C. The molecular formula is C14H16N4O2. The van der Waals surface area contributed by atoms with E-state index in [-0.39, 0.29) is 16.7 Å². The number of nitro benzene ring substituents is 1. The number of benzene rings is 1. The Bertz CT molecular complexity index is 629. The van der Waals surface area contributed by atoms with Crippen LogP contribution in [0.4, 0.5) is 11.4 Å². The van der Waals surface area contributed by atoms with Crippen LogP contribution in [0, 0.1) is 24.0 Å². The molecule has 6 heteroatoms. The van der Waals surface area contributed by atoms with Crippen molar-refractivity contribution in [2.75, 3.05) is 5.32 Å². The Balaban J connectivity index is 2.33. The minimum atomic E-state index is -0.377. The molecule has 1 heterocycles. The Morgan fingerprint density at radius 2 is 1.95 bits per heavy atom. The van der Waals surface area contributed by atoms with Gasteiger partial charge in [-0.05, 0) is 38.0 Å². The smallest absolute Gasteiger partial charge is 0.292 e. The molecule has 0 radical (unpaired) electrons. The van der Waals surface area contributed by atoms with Gasteiger partial charge in [0.05, 0.1) is 22.9 Å². The molecule has 0 amide bonds. The number of anilines is 1. The molecule has 0 aliphatic carbocycles. The van der Waals surface area contributed by atoms with Crippen molar-refractivity contribution >= 4 is 11.4 Å². The van der Waals surface area contributed by atoms with Gasteiger partial charge in [-0.25, -0.2) is 0 Å². The Morgan fingerprint density at radius 3 is 2.55 bits per heavy atom. The quantitative estimate of drug-likeness (QED) is 0.683. The van der Waals surface area contributed by atoms with Gasteiger partial charge in [0, 0.05) is 18.5 Å². The van der Waals surface area contributed by atoms with Crippen LogP contribution in [0.25, 0.3) is 0 Å². The molecule has 6 nitrogen and oxygen atoms in total. The average Bonchev–Trinajstić information content (AvgIpc) is 2.43. The standard InChI is InChI=1S/C14H16N4O2/c1-9-6-12(14(18(19)20)7-10(9)2)17-11(3)13-8-15-4-5-16-13/h4-8,11,17H,1-3H3. The first-order valence-corrected chi connectivity index (χ1v) is 6.27. The summed E-state index contributed by atoms with van der Waals surface area (Å²) in [6, 6.07) is 3.21. The molecular weight excluding hydrogens is 256 g/mol. The molecule has 0 saturated heterocycles. The fraction of sp³-hybridized carbons (Fsp3) is 0.286. The molecule has 1 aromatic carbocycles. The van der Waals surface area contributed by atoms with Crippen LogP contribution in [0.15, 0.2) is 30.7 Å². The number of hydrogen-bond donors (Lipinski definition) is 1. The lowest BCUT2D eigenvalue weighted by Crippen LogP contribution is -2.10. The number of aromatic nitrogens is 2. The van der Waals surface area contributed by atoms with Crippen LogP contribution in [-0.4, -0.2) is 14.9 Å². The summed E-state index contributed by atoms with van der Waals surface area (Å²) >= 11 is 0. The average molecular weight is 272 g/mol. The third-order valence-electron chi connectivity index (χ3n) is 3.21. The molecule has 0 saturated carbocycles. The zero-order valence-corrected chi connectivity index (χ0v) is 11.6. The van der Waals surface area contributed by atoms with E-state index in [0.717, 1.165) is 16.8 Å². The zero-order chi connectivity index (χ0) is 14.7. The van der Waals surface area contributed by atoms with Crippen molar-refractivity contribution in [1.82, 2.24) is 9.97 Å². The minimum Gasteiger partial charge on any atom is -0.371 e. The van der Waals surface area contributed by atoms with Crippen LogP contribution in [0.2, 0.25) is 0 Å². The van der Waals surface area contributed by atoms with Gasteiger partial charge < -0.3 is 5.32 Å². The second kappa shape index (κ2) is 5.64. The summed E-state index contributed by atoms with van der Waals surface area (Å²) in [5, 5.41) is 14.3. The van der Waals surface area contributed by atoms with Crippen LogP contribution >= 0.6 is 0 Å². The molecule has 0 fully saturated rings. The van der Waals surface area contributed by atoms with Crippen LogP contribution < -0.4 is 5.32 Å². The number of nitro groups is 1. The van der Waals surface area contributed by atoms with E-state index >= 15 is 0 Å². The fourth-order valence-corrected chi connectivity index (χ4v) is 1.91. The second-order valence-electron chi connectivity index (χ2n) is 4.71. The van der Waals surface area contributed by atoms with Gasteiger partial charge in [-0.15, -0.1) is 0 Å². The van der Waals surface area contributed by atoms with Gasteiger partial charge in [0.1, 0.15) is 5.69 Å². The Hall–Kier alpha value is -2.50. The van der Waals surface area contributed by atoms with Gasteiger partial charge in [0.2, 0.25) is 0 Å². The van der Waals surface area contributed by atoms with E-state index in [4.69, 9.17) is 0 Å². The number of nitrogens with zero attached hydrogens (tertiary/aromatic N) is 3. The van der Waals surface area contributed by atoms with Gasteiger partial charge in [-0.2, -0.15) is 0 Å². The topological polar surface area (TPSA) is 81.0 Å². The second-order valence-corrected chi connectivity index (χ2v) is 4.71. The zero-order valence-electron chi connectivity index (χ0n) is 11.6. The fourth-order valence-electron chi connectivity index (χ4n) is 1.91.